The van der Waals surface area contributed by atoms with Crippen LogP contribution in [0.15, 0.2) is 54.6 Å². The second kappa shape index (κ2) is 7.94. The first-order chi connectivity index (χ1) is 11.7. The second-order valence-electron chi connectivity index (χ2n) is 7.05. The van der Waals surface area contributed by atoms with E-state index in [1.165, 1.54) is 0 Å². The summed E-state index contributed by atoms with van der Waals surface area (Å²) in [6, 6.07) is 16.0. The Balaban J connectivity index is 1.92. The van der Waals surface area contributed by atoms with Crippen LogP contribution in [0.3, 0.4) is 0 Å². The first-order valence-corrected chi connectivity index (χ1v) is 8.27. The van der Waals surface area contributed by atoms with Crippen LogP contribution in [0.4, 0.5) is 5.69 Å². The Labute approximate surface area is 148 Å². The van der Waals surface area contributed by atoms with Gasteiger partial charge in [0.05, 0.1) is 0 Å². The summed E-state index contributed by atoms with van der Waals surface area (Å²) in [5.74, 6) is -0.306. The van der Waals surface area contributed by atoms with Crippen molar-refractivity contribution in [3.63, 3.8) is 0 Å². The molecule has 1 unspecified atom stereocenters. The third kappa shape index (κ3) is 6.04. The van der Waals surface area contributed by atoms with E-state index in [0.717, 1.165) is 5.56 Å². The van der Waals surface area contributed by atoms with Gasteiger partial charge in [-0.15, -0.1) is 0 Å². The van der Waals surface area contributed by atoms with E-state index < -0.39 is 0 Å². The number of carbonyl (C=O) groups excluding carboxylic acids is 2. The molecule has 2 rings (SSSR count). The highest BCUT2D eigenvalue weighted by molar-refractivity contribution is 5.96. The lowest BCUT2D eigenvalue weighted by molar-refractivity contribution is -0.116. The summed E-state index contributed by atoms with van der Waals surface area (Å²) in [6.45, 7) is 5.78. The zero-order valence-corrected chi connectivity index (χ0v) is 14.9. The average molecular weight is 339 g/mol. The molecule has 2 aromatic rings. The van der Waals surface area contributed by atoms with E-state index in [1.807, 2.05) is 51.1 Å². The van der Waals surface area contributed by atoms with E-state index in [-0.39, 0.29) is 29.8 Å². The Bertz CT molecular complexity index is 719. The lowest BCUT2D eigenvalue weighted by Crippen LogP contribution is -2.40. The summed E-state index contributed by atoms with van der Waals surface area (Å²) in [7, 11) is 0. The molecule has 0 aliphatic carbocycles. The molecule has 1 atom stereocenters. The molecule has 25 heavy (non-hydrogen) atoms. The molecule has 0 bridgehead atoms. The normalized spacial score (nSPS) is 12.3. The molecular weight excluding hydrogens is 314 g/mol. The van der Waals surface area contributed by atoms with Crippen molar-refractivity contribution < 1.29 is 9.59 Å². The van der Waals surface area contributed by atoms with Crippen LogP contribution in [-0.4, -0.2) is 17.4 Å². The first-order valence-electron chi connectivity index (χ1n) is 8.27. The monoisotopic (exact) mass is 339 g/mol. The summed E-state index contributed by atoms with van der Waals surface area (Å²) in [5, 5.41) is 5.70. The van der Waals surface area contributed by atoms with Crippen molar-refractivity contribution in [2.75, 3.05) is 5.32 Å². The molecule has 0 aromatic heterocycles. The van der Waals surface area contributed by atoms with E-state index in [0.29, 0.717) is 11.3 Å². The molecule has 0 spiro atoms. The van der Waals surface area contributed by atoms with Gasteiger partial charge in [0.15, 0.2) is 0 Å². The zero-order chi connectivity index (χ0) is 18.4. The fraction of sp³-hybridized carbons (Fsp3) is 0.300. The van der Waals surface area contributed by atoms with Crippen molar-refractivity contribution in [1.82, 2.24) is 5.32 Å². The number of anilines is 1. The quantitative estimate of drug-likeness (QED) is 0.782. The molecule has 4 N–H and O–H groups in total. The van der Waals surface area contributed by atoms with Gasteiger partial charge in [-0.1, -0.05) is 30.3 Å². The highest BCUT2D eigenvalue weighted by Gasteiger charge is 2.15. The van der Waals surface area contributed by atoms with Crippen LogP contribution in [-0.2, 0) is 4.79 Å². The van der Waals surface area contributed by atoms with Crippen molar-refractivity contribution in [3.05, 3.63) is 65.7 Å². The number of nitrogens with two attached hydrogens (primary N) is 1. The van der Waals surface area contributed by atoms with E-state index in [2.05, 4.69) is 10.6 Å². The third-order valence-electron chi connectivity index (χ3n) is 3.55. The Morgan fingerprint density at radius 3 is 2.16 bits per heavy atom. The molecule has 0 heterocycles. The number of amides is 2. The Morgan fingerprint density at radius 1 is 1.00 bits per heavy atom. The molecule has 5 nitrogen and oxygen atoms in total. The third-order valence-corrected chi connectivity index (χ3v) is 3.55. The maximum atomic E-state index is 12.1. The van der Waals surface area contributed by atoms with Crippen molar-refractivity contribution in [2.45, 2.75) is 38.8 Å². The Kier molecular flexibility index (Phi) is 5.93. The maximum absolute atomic E-state index is 12.1. The molecule has 132 valence electrons. The summed E-state index contributed by atoms with van der Waals surface area (Å²) < 4.78 is 0. The number of hydrogen-bond donors (Lipinski definition) is 3. The zero-order valence-electron chi connectivity index (χ0n) is 14.9. The number of nitrogens with one attached hydrogen (secondary N) is 2. The van der Waals surface area contributed by atoms with Crippen LogP contribution in [0.5, 0.6) is 0 Å². The van der Waals surface area contributed by atoms with Crippen molar-refractivity contribution in [3.8, 4) is 0 Å². The lowest BCUT2D eigenvalue weighted by atomic mass is 10.0. The fourth-order valence-corrected chi connectivity index (χ4v) is 2.35. The topological polar surface area (TPSA) is 84.2 Å². The first kappa shape index (κ1) is 18.7. The lowest BCUT2D eigenvalue weighted by Gasteiger charge is -2.20. The van der Waals surface area contributed by atoms with Crippen LogP contribution < -0.4 is 16.4 Å². The van der Waals surface area contributed by atoms with Crippen LogP contribution in [0.25, 0.3) is 0 Å². The van der Waals surface area contributed by atoms with Gasteiger partial charge in [0, 0.05) is 29.3 Å². The van der Waals surface area contributed by atoms with Gasteiger partial charge in [0.2, 0.25) is 5.91 Å². The van der Waals surface area contributed by atoms with Crippen molar-refractivity contribution in [1.29, 1.82) is 0 Å². The number of hydrogen-bond acceptors (Lipinski definition) is 3. The van der Waals surface area contributed by atoms with Crippen LogP contribution in [0.1, 0.15) is 49.2 Å². The van der Waals surface area contributed by atoms with Gasteiger partial charge in [-0.05, 0) is 50.6 Å². The smallest absolute Gasteiger partial charge is 0.251 e. The Hall–Kier alpha value is -2.66. The average Bonchev–Trinajstić information content (AvgIpc) is 2.54. The molecule has 0 saturated carbocycles. The minimum atomic E-state index is -0.349. The SMILES string of the molecule is CC(C)(C)NC(=O)c1ccc(NC(=O)CC(N)c2ccccc2)cc1. The molecule has 0 aliphatic heterocycles. The predicted molar refractivity (Wildman–Crippen MR) is 100 cm³/mol. The standard InChI is InChI=1S/C20H25N3O2/c1-20(2,3)23-19(25)15-9-11-16(12-10-15)22-18(24)13-17(21)14-7-5-4-6-8-14/h4-12,17H,13,21H2,1-3H3,(H,22,24)(H,23,25). The minimum Gasteiger partial charge on any atom is -0.347 e. The summed E-state index contributed by atoms with van der Waals surface area (Å²) in [6.07, 6.45) is 0.191. The molecule has 2 amide bonds. The van der Waals surface area contributed by atoms with Crippen LogP contribution in [0, 0.1) is 0 Å². The summed E-state index contributed by atoms with van der Waals surface area (Å²) >= 11 is 0. The van der Waals surface area contributed by atoms with Crippen molar-refractivity contribution >= 4 is 17.5 Å². The number of benzene rings is 2. The van der Waals surface area contributed by atoms with E-state index in [1.54, 1.807) is 24.3 Å². The predicted octanol–water partition coefficient (Wildman–Crippen LogP) is 3.24. The molecule has 2 aromatic carbocycles. The Morgan fingerprint density at radius 2 is 1.60 bits per heavy atom. The highest BCUT2D eigenvalue weighted by Crippen LogP contribution is 2.16. The van der Waals surface area contributed by atoms with E-state index in [4.69, 9.17) is 5.73 Å². The van der Waals surface area contributed by atoms with Gasteiger partial charge in [-0.3, -0.25) is 9.59 Å². The van der Waals surface area contributed by atoms with Gasteiger partial charge in [-0.25, -0.2) is 0 Å². The number of rotatable bonds is 5. The van der Waals surface area contributed by atoms with Gasteiger partial charge in [0.1, 0.15) is 0 Å². The largest absolute Gasteiger partial charge is 0.347 e. The molecule has 0 radical (unpaired) electrons. The van der Waals surface area contributed by atoms with Crippen LogP contribution >= 0.6 is 0 Å². The molecule has 0 saturated heterocycles. The van der Waals surface area contributed by atoms with E-state index in [9.17, 15) is 9.59 Å². The highest BCUT2D eigenvalue weighted by atomic mass is 16.2. The van der Waals surface area contributed by atoms with Gasteiger partial charge >= 0.3 is 0 Å². The molecule has 5 heteroatoms. The maximum Gasteiger partial charge on any atom is 0.251 e. The van der Waals surface area contributed by atoms with Gasteiger partial charge in [-0.2, -0.15) is 0 Å². The van der Waals surface area contributed by atoms with Gasteiger partial charge in [0.25, 0.3) is 5.91 Å². The number of carbonyl (C=O) groups is 2. The van der Waals surface area contributed by atoms with E-state index >= 15 is 0 Å². The second-order valence-corrected chi connectivity index (χ2v) is 7.05. The molecular formula is C20H25N3O2. The fourth-order valence-electron chi connectivity index (χ4n) is 2.35. The molecule has 0 aliphatic rings. The summed E-state index contributed by atoms with van der Waals surface area (Å²) in [4.78, 5) is 24.2. The van der Waals surface area contributed by atoms with Crippen molar-refractivity contribution in [2.24, 2.45) is 5.73 Å². The molecule has 0 fully saturated rings. The van der Waals surface area contributed by atoms with Crippen LogP contribution in [0.2, 0.25) is 0 Å². The minimum absolute atomic E-state index is 0.142. The summed E-state index contributed by atoms with van der Waals surface area (Å²) in [5.41, 5.74) is 7.87. The van der Waals surface area contributed by atoms with Gasteiger partial charge < -0.3 is 16.4 Å².